The lowest BCUT2D eigenvalue weighted by Gasteiger charge is -2.32. The molecule has 0 radical (unpaired) electrons. The molecule has 6 aromatic rings. The van der Waals surface area contributed by atoms with Crippen LogP contribution in [-0.4, -0.2) is 57.6 Å². The molecule has 11 nitrogen and oxygen atoms in total. The van der Waals surface area contributed by atoms with E-state index in [4.69, 9.17) is 18.8 Å². The Bertz CT molecular complexity index is 2660. The zero-order valence-electron chi connectivity index (χ0n) is 40.1. The number of halogens is 3. The molecule has 6 aromatic carbocycles. The number of hydrogen-bond donors (Lipinski definition) is 0. The molecule has 1 aliphatic heterocycles. The highest BCUT2D eigenvalue weighted by molar-refractivity contribution is 9.10. The number of hydrogen-bond acceptors (Lipinski definition) is 11. The molecule has 7 rings (SSSR count). The van der Waals surface area contributed by atoms with E-state index < -0.39 is 30.0 Å². The van der Waals surface area contributed by atoms with E-state index >= 15 is 0 Å². The number of esters is 2. The van der Waals surface area contributed by atoms with E-state index in [0.717, 1.165) is 15.7 Å². The molecule has 1 saturated heterocycles. The minimum Gasteiger partial charge on any atom is -0.462 e. The minimum atomic E-state index is -0.598. The van der Waals surface area contributed by atoms with Crippen LogP contribution in [0.15, 0.2) is 158 Å². The van der Waals surface area contributed by atoms with Gasteiger partial charge in [0.15, 0.2) is 5.82 Å². The normalized spacial score (nSPS) is 13.7. The molecular formula is C53H57BBrF2N5O6. The Kier molecular flexibility index (Phi) is 18.6. The highest BCUT2D eigenvalue weighted by Crippen LogP contribution is 2.37. The number of ether oxygens (including phenoxy) is 2. The van der Waals surface area contributed by atoms with Gasteiger partial charge < -0.3 is 23.7 Å². The summed E-state index contributed by atoms with van der Waals surface area (Å²) in [6, 6.07) is 38.7. The number of anilines is 1. The summed E-state index contributed by atoms with van der Waals surface area (Å²) in [5.41, 5.74) is 6.18. The van der Waals surface area contributed by atoms with Crippen molar-refractivity contribution in [3.63, 3.8) is 0 Å². The van der Waals surface area contributed by atoms with Crippen LogP contribution in [0.3, 0.4) is 0 Å². The van der Waals surface area contributed by atoms with Gasteiger partial charge in [0.25, 0.3) is 0 Å². The molecule has 0 amide bonds. The predicted molar refractivity (Wildman–Crippen MR) is 270 cm³/mol. The molecule has 1 heterocycles. The Hall–Kier alpha value is -6.42. The van der Waals surface area contributed by atoms with Crippen molar-refractivity contribution in [2.24, 2.45) is 20.5 Å². The lowest BCUT2D eigenvalue weighted by molar-refractivity contribution is 0.00578. The molecule has 68 heavy (non-hydrogen) atoms. The molecule has 0 unspecified atom stereocenters. The summed E-state index contributed by atoms with van der Waals surface area (Å²) >= 11 is 3.28. The Morgan fingerprint density at radius 2 is 1.06 bits per heavy atom. The molecular weight excluding hydrogens is 931 g/mol. The molecule has 0 atom stereocenters. The summed E-state index contributed by atoms with van der Waals surface area (Å²) in [6.07, 6.45) is 0. The van der Waals surface area contributed by atoms with Crippen molar-refractivity contribution >= 4 is 68.9 Å². The van der Waals surface area contributed by atoms with E-state index in [0.29, 0.717) is 52.7 Å². The quantitative estimate of drug-likeness (QED) is 0.0679. The Labute approximate surface area is 406 Å². The summed E-state index contributed by atoms with van der Waals surface area (Å²) in [6.45, 7) is 16.4. The Morgan fingerprint density at radius 3 is 1.50 bits per heavy atom. The number of carbonyl (C=O) groups excluding carboxylic acids is 2. The average Bonchev–Trinajstić information content (AvgIpc) is 3.54. The molecule has 1 aliphatic rings. The summed E-state index contributed by atoms with van der Waals surface area (Å²) < 4.78 is 51.6. The SMILES string of the molecule is CC(C)c1ccc(N=Nc2ccc(B3OC(C)(C)C(C)(C)O3)cc2F)cc1.CCOC(=O)c1ccc(-c2ccc(N=Nc3ccc(N(C)C)cc3)c(F)c2)cc1.CCOC(=O)c1ccc(Br)cc1. The van der Waals surface area contributed by atoms with Gasteiger partial charge in [-0.05, 0) is 167 Å². The molecule has 0 aromatic heterocycles. The molecule has 1 fully saturated rings. The molecule has 0 saturated carbocycles. The van der Waals surface area contributed by atoms with Gasteiger partial charge in [-0.25, -0.2) is 18.4 Å². The van der Waals surface area contributed by atoms with Crippen molar-refractivity contribution in [1.29, 1.82) is 0 Å². The standard InChI is InChI=1S/C23H22FN3O2.C21H26BFN2O2.C9H9BrO2/c1-4-29-23(28)17-7-5-16(6-8-17)18-9-14-22(21(24)15-18)26-25-19-10-12-20(13-11-19)27(2)3;1-14(2)15-7-10-17(11-8-15)24-25-19-12-9-16(13-18(19)23)22-26-20(3,4)21(5,6)27-22;1-2-12-9(11)7-3-5-8(10)6-4-7/h5-15H,4H2,1-3H3;7-14H,1-6H3;3-6H,2H2,1H3. The lowest BCUT2D eigenvalue weighted by atomic mass is 9.79. The second kappa shape index (κ2) is 24.0. The first kappa shape index (κ1) is 52.6. The Balaban J connectivity index is 0.000000206. The molecule has 0 bridgehead atoms. The third-order valence-corrected chi connectivity index (χ3v) is 11.5. The van der Waals surface area contributed by atoms with Crippen LogP contribution in [0.2, 0.25) is 0 Å². The predicted octanol–water partition coefficient (Wildman–Crippen LogP) is 14.4. The van der Waals surface area contributed by atoms with E-state index in [2.05, 4.69) is 50.2 Å². The van der Waals surface area contributed by atoms with Crippen LogP contribution >= 0.6 is 15.9 Å². The lowest BCUT2D eigenvalue weighted by Crippen LogP contribution is -2.41. The van der Waals surface area contributed by atoms with Crippen molar-refractivity contribution in [2.45, 2.75) is 72.5 Å². The number of azo groups is 2. The molecule has 354 valence electrons. The van der Waals surface area contributed by atoms with Crippen molar-refractivity contribution in [3.8, 4) is 11.1 Å². The number of carbonyl (C=O) groups is 2. The maximum Gasteiger partial charge on any atom is 0.494 e. The van der Waals surface area contributed by atoms with E-state index in [9.17, 15) is 18.4 Å². The fraction of sp³-hybridized carbons (Fsp3) is 0.283. The van der Waals surface area contributed by atoms with Gasteiger partial charge >= 0.3 is 19.1 Å². The van der Waals surface area contributed by atoms with Gasteiger partial charge in [0, 0.05) is 24.3 Å². The van der Waals surface area contributed by atoms with Crippen LogP contribution < -0.4 is 10.4 Å². The average molecular weight is 989 g/mol. The second-order valence-electron chi connectivity index (χ2n) is 17.0. The highest BCUT2D eigenvalue weighted by atomic mass is 79.9. The van der Waals surface area contributed by atoms with E-state index in [-0.39, 0.29) is 23.3 Å². The fourth-order valence-corrected chi connectivity index (χ4v) is 6.54. The van der Waals surface area contributed by atoms with Gasteiger partial charge in [0.05, 0.1) is 46.9 Å². The third-order valence-electron chi connectivity index (χ3n) is 11.0. The van der Waals surface area contributed by atoms with Crippen LogP contribution in [0, 0.1) is 11.6 Å². The highest BCUT2D eigenvalue weighted by Gasteiger charge is 2.51. The van der Waals surface area contributed by atoms with Gasteiger partial charge in [-0.3, -0.25) is 0 Å². The van der Waals surface area contributed by atoms with Gasteiger partial charge in [-0.15, -0.1) is 10.2 Å². The smallest absolute Gasteiger partial charge is 0.462 e. The summed E-state index contributed by atoms with van der Waals surface area (Å²) in [4.78, 5) is 24.8. The Morgan fingerprint density at radius 1 is 0.618 bits per heavy atom. The van der Waals surface area contributed by atoms with Crippen molar-refractivity contribution in [1.82, 2.24) is 0 Å². The van der Waals surface area contributed by atoms with Crippen molar-refractivity contribution < 1.29 is 37.2 Å². The van der Waals surface area contributed by atoms with E-state index in [1.165, 1.54) is 17.7 Å². The van der Waals surface area contributed by atoms with Gasteiger partial charge in [-0.2, -0.15) is 10.2 Å². The third kappa shape index (κ3) is 14.5. The van der Waals surface area contributed by atoms with E-state index in [1.54, 1.807) is 74.5 Å². The summed E-state index contributed by atoms with van der Waals surface area (Å²) in [5.74, 6) is -1.11. The molecule has 0 spiro atoms. The molecule has 0 N–H and O–H groups in total. The fourth-order valence-electron chi connectivity index (χ4n) is 6.28. The first-order valence-electron chi connectivity index (χ1n) is 22.2. The number of nitrogens with zero attached hydrogens (tertiary/aromatic N) is 5. The first-order chi connectivity index (χ1) is 32.3. The maximum atomic E-state index is 14.5. The number of benzene rings is 6. The van der Waals surface area contributed by atoms with Crippen LogP contribution in [-0.2, 0) is 18.8 Å². The van der Waals surface area contributed by atoms with Crippen LogP contribution in [0.4, 0.5) is 37.2 Å². The van der Waals surface area contributed by atoms with Crippen LogP contribution in [0.5, 0.6) is 0 Å². The molecule has 0 aliphatic carbocycles. The van der Waals surface area contributed by atoms with Gasteiger partial charge in [0.1, 0.15) is 17.2 Å². The summed E-state index contributed by atoms with van der Waals surface area (Å²) in [7, 11) is 3.31. The van der Waals surface area contributed by atoms with Crippen molar-refractivity contribution in [3.05, 3.63) is 166 Å². The largest absolute Gasteiger partial charge is 0.494 e. The zero-order valence-corrected chi connectivity index (χ0v) is 41.7. The topological polar surface area (TPSA) is 124 Å². The molecule has 15 heteroatoms. The number of rotatable bonds is 12. The second-order valence-corrected chi connectivity index (χ2v) is 18.0. The monoisotopic (exact) mass is 987 g/mol. The van der Waals surface area contributed by atoms with Crippen molar-refractivity contribution in [2.75, 3.05) is 32.2 Å². The van der Waals surface area contributed by atoms with Crippen LogP contribution in [0.25, 0.3) is 11.1 Å². The summed E-state index contributed by atoms with van der Waals surface area (Å²) in [5, 5.41) is 16.3. The minimum absolute atomic E-state index is 0.161. The van der Waals surface area contributed by atoms with Crippen LogP contribution in [0.1, 0.15) is 87.6 Å². The van der Waals surface area contributed by atoms with E-state index in [1.807, 2.05) is 107 Å². The van der Waals surface area contributed by atoms with Gasteiger partial charge in [0.2, 0.25) is 0 Å². The first-order valence-corrected chi connectivity index (χ1v) is 23.0. The maximum absolute atomic E-state index is 14.5. The van der Waals surface area contributed by atoms with Gasteiger partial charge in [-0.1, -0.05) is 66.2 Å². The zero-order chi connectivity index (χ0) is 49.6.